The zero-order chi connectivity index (χ0) is 14.8. The van der Waals surface area contributed by atoms with E-state index in [2.05, 4.69) is 78.2 Å². The average Bonchev–Trinajstić information content (AvgIpc) is 2.39. The third kappa shape index (κ3) is 4.06. The fraction of sp³-hybridized carbons (Fsp3) is 0.647. The fourth-order valence-corrected chi connectivity index (χ4v) is 3.43. The standard InChI is InChI=1S/C17H27BrN2/c1-13(14-9-11-20(4)12-10-14)19-17(2,3)15-5-7-16(18)8-6-15/h5-8,13-14,19H,9-12H2,1-4H3. The summed E-state index contributed by atoms with van der Waals surface area (Å²) in [5.74, 6) is 0.793. The van der Waals surface area contributed by atoms with Crippen molar-refractivity contribution in [2.24, 2.45) is 5.92 Å². The molecule has 0 saturated carbocycles. The van der Waals surface area contributed by atoms with Crippen molar-refractivity contribution in [2.45, 2.75) is 45.2 Å². The Morgan fingerprint density at radius 1 is 1.20 bits per heavy atom. The molecule has 1 fully saturated rings. The molecule has 1 aromatic rings. The molecule has 1 aliphatic rings. The molecular weight excluding hydrogens is 312 g/mol. The second kappa shape index (κ2) is 6.59. The molecule has 112 valence electrons. The first-order valence-electron chi connectivity index (χ1n) is 7.61. The molecule has 1 heterocycles. The molecular formula is C17H27BrN2. The third-order valence-corrected chi connectivity index (χ3v) is 5.15. The van der Waals surface area contributed by atoms with E-state index < -0.39 is 0 Å². The number of halogens is 1. The summed E-state index contributed by atoms with van der Waals surface area (Å²) in [6, 6.07) is 9.22. The van der Waals surface area contributed by atoms with Crippen molar-refractivity contribution >= 4 is 15.9 Å². The Labute approximate surface area is 132 Å². The molecule has 0 amide bonds. The van der Waals surface area contributed by atoms with Crippen molar-refractivity contribution in [1.29, 1.82) is 0 Å². The molecule has 0 aliphatic carbocycles. The lowest BCUT2D eigenvalue weighted by Crippen LogP contribution is -2.48. The van der Waals surface area contributed by atoms with E-state index in [0.717, 1.165) is 10.4 Å². The van der Waals surface area contributed by atoms with E-state index in [-0.39, 0.29) is 5.54 Å². The smallest absolute Gasteiger partial charge is 0.0379 e. The first-order chi connectivity index (χ1) is 9.38. The van der Waals surface area contributed by atoms with Crippen LogP contribution in [0, 0.1) is 5.92 Å². The Bertz CT molecular complexity index is 419. The molecule has 0 bridgehead atoms. The van der Waals surface area contributed by atoms with Gasteiger partial charge < -0.3 is 10.2 Å². The predicted molar refractivity (Wildman–Crippen MR) is 90.0 cm³/mol. The number of benzene rings is 1. The van der Waals surface area contributed by atoms with Gasteiger partial charge in [-0.25, -0.2) is 0 Å². The van der Waals surface area contributed by atoms with Gasteiger partial charge in [0.05, 0.1) is 0 Å². The van der Waals surface area contributed by atoms with Gasteiger partial charge in [-0.2, -0.15) is 0 Å². The zero-order valence-corrected chi connectivity index (χ0v) is 14.7. The van der Waals surface area contributed by atoms with E-state index in [1.54, 1.807) is 0 Å². The van der Waals surface area contributed by atoms with Gasteiger partial charge in [-0.15, -0.1) is 0 Å². The van der Waals surface area contributed by atoms with Gasteiger partial charge in [0, 0.05) is 16.1 Å². The molecule has 20 heavy (non-hydrogen) atoms. The van der Waals surface area contributed by atoms with Crippen molar-refractivity contribution in [3.63, 3.8) is 0 Å². The minimum absolute atomic E-state index is 0.0173. The van der Waals surface area contributed by atoms with Gasteiger partial charge in [-0.1, -0.05) is 28.1 Å². The summed E-state index contributed by atoms with van der Waals surface area (Å²) in [5, 5.41) is 3.84. The second-order valence-corrected chi connectivity index (χ2v) is 7.62. The van der Waals surface area contributed by atoms with Crippen LogP contribution in [0.1, 0.15) is 39.2 Å². The summed E-state index contributed by atoms with van der Waals surface area (Å²) < 4.78 is 1.14. The minimum atomic E-state index is 0.0173. The van der Waals surface area contributed by atoms with Crippen LogP contribution in [-0.2, 0) is 5.54 Å². The van der Waals surface area contributed by atoms with Gasteiger partial charge in [-0.3, -0.25) is 0 Å². The number of rotatable bonds is 4. The Morgan fingerprint density at radius 3 is 2.30 bits per heavy atom. The fourth-order valence-electron chi connectivity index (χ4n) is 3.17. The van der Waals surface area contributed by atoms with Gasteiger partial charge in [0.15, 0.2) is 0 Å². The molecule has 0 radical (unpaired) electrons. The Hall–Kier alpha value is -0.380. The molecule has 2 rings (SSSR count). The highest BCUT2D eigenvalue weighted by Gasteiger charge is 2.28. The highest BCUT2D eigenvalue weighted by molar-refractivity contribution is 9.10. The molecule has 0 aromatic heterocycles. The summed E-state index contributed by atoms with van der Waals surface area (Å²) in [4.78, 5) is 2.43. The molecule has 0 spiro atoms. The number of nitrogens with zero attached hydrogens (tertiary/aromatic N) is 1. The first kappa shape index (κ1) is 16.0. The quantitative estimate of drug-likeness (QED) is 0.892. The number of nitrogens with one attached hydrogen (secondary N) is 1. The number of hydrogen-bond donors (Lipinski definition) is 1. The van der Waals surface area contributed by atoms with Crippen LogP contribution in [-0.4, -0.2) is 31.1 Å². The van der Waals surface area contributed by atoms with Gasteiger partial charge in [0.2, 0.25) is 0 Å². The van der Waals surface area contributed by atoms with Crippen molar-refractivity contribution in [3.05, 3.63) is 34.3 Å². The predicted octanol–water partition coefficient (Wildman–Crippen LogP) is 4.00. The monoisotopic (exact) mass is 338 g/mol. The topological polar surface area (TPSA) is 15.3 Å². The zero-order valence-electron chi connectivity index (χ0n) is 13.1. The number of hydrogen-bond acceptors (Lipinski definition) is 2. The highest BCUT2D eigenvalue weighted by Crippen LogP contribution is 2.26. The molecule has 1 N–H and O–H groups in total. The highest BCUT2D eigenvalue weighted by atomic mass is 79.9. The largest absolute Gasteiger partial charge is 0.306 e. The Morgan fingerprint density at radius 2 is 1.75 bits per heavy atom. The van der Waals surface area contributed by atoms with Crippen LogP contribution >= 0.6 is 15.9 Å². The summed E-state index contributed by atoms with van der Waals surface area (Å²) in [6.45, 7) is 9.37. The van der Waals surface area contributed by atoms with Crippen molar-refractivity contribution in [3.8, 4) is 0 Å². The van der Waals surface area contributed by atoms with E-state index >= 15 is 0 Å². The van der Waals surface area contributed by atoms with E-state index in [0.29, 0.717) is 6.04 Å². The molecule has 1 unspecified atom stereocenters. The second-order valence-electron chi connectivity index (χ2n) is 6.71. The van der Waals surface area contributed by atoms with Crippen LogP contribution < -0.4 is 5.32 Å². The lowest BCUT2D eigenvalue weighted by Gasteiger charge is -2.38. The van der Waals surface area contributed by atoms with Gasteiger partial charge in [0.1, 0.15) is 0 Å². The Balaban J connectivity index is 1.98. The summed E-state index contributed by atoms with van der Waals surface area (Å²) in [5.41, 5.74) is 1.36. The minimum Gasteiger partial charge on any atom is -0.306 e. The van der Waals surface area contributed by atoms with E-state index in [1.165, 1.54) is 31.5 Å². The lowest BCUT2D eigenvalue weighted by molar-refractivity contribution is 0.172. The van der Waals surface area contributed by atoms with Gasteiger partial charge >= 0.3 is 0 Å². The van der Waals surface area contributed by atoms with Crippen molar-refractivity contribution in [2.75, 3.05) is 20.1 Å². The maximum atomic E-state index is 3.84. The molecule has 1 aliphatic heterocycles. The normalized spacial score (nSPS) is 20.1. The number of piperidine rings is 1. The lowest BCUT2D eigenvalue weighted by atomic mass is 9.87. The molecule has 1 saturated heterocycles. The van der Waals surface area contributed by atoms with Crippen LogP contribution in [0.2, 0.25) is 0 Å². The molecule has 3 heteroatoms. The summed E-state index contributed by atoms with van der Waals surface area (Å²) in [7, 11) is 2.22. The average molecular weight is 339 g/mol. The molecule has 2 nitrogen and oxygen atoms in total. The van der Waals surface area contributed by atoms with Crippen LogP contribution in [0.25, 0.3) is 0 Å². The SMILES string of the molecule is CC(NC(C)(C)c1ccc(Br)cc1)C1CCN(C)CC1. The van der Waals surface area contributed by atoms with Gasteiger partial charge in [0.25, 0.3) is 0 Å². The van der Waals surface area contributed by atoms with Gasteiger partial charge in [-0.05, 0) is 77.4 Å². The van der Waals surface area contributed by atoms with E-state index in [4.69, 9.17) is 0 Å². The number of likely N-dealkylation sites (tertiary alicyclic amines) is 1. The summed E-state index contributed by atoms with van der Waals surface area (Å²) in [6.07, 6.45) is 2.61. The van der Waals surface area contributed by atoms with E-state index in [9.17, 15) is 0 Å². The third-order valence-electron chi connectivity index (χ3n) is 4.62. The maximum Gasteiger partial charge on any atom is 0.0379 e. The molecule has 1 aromatic carbocycles. The maximum absolute atomic E-state index is 3.84. The molecule has 1 atom stereocenters. The van der Waals surface area contributed by atoms with E-state index in [1.807, 2.05) is 0 Å². The summed E-state index contributed by atoms with van der Waals surface area (Å²) >= 11 is 3.51. The van der Waals surface area contributed by atoms with Crippen LogP contribution in [0.4, 0.5) is 0 Å². The van der Waals surface area contributed by atoms with Crippen LogP contribution in [0.3, 0.4) is 0 Å². The first-order valence-corrected chi connectivity index (χ1v) is 8.40. The van der Waals surface area contributed by atoms with Crippen LogP contribution in [0.5, 0.6) is 0 Å². The van der Waals surface area contributed by atoms with Crippen LogP contribution in [0.15, 0.2) is 28.7 Å². The van der Waals surface area contributed by atoms with Crippen molar-refractivity contribution in [1.82, 2.24) is 10.2 Å². The Kier molecular flexibility index (Phi) is 5.27. The van der Waals surface area contributed by atoms with Crippen molar-refractivity contribution < 1.29 is 0 Å².